The van der Waals surface area contributed by atoms with E-state index in [0.717, 1.165) is 5.01 Å². The number of anilines is 1. The van der Waals surface area contributed by atoms with Gasteiger partial charge in [0.05, 0.1) is 13.2 Å². The number of thiazole rings is 1. The smallest absolute Gasteiger partial charge is 0.295 e. The summed E-state index contributed by atoms with van der Waals surface area (Å²) in [7, 11) is 0. The molecule has 0 bridgehead atoms. The number of imidazole rings is 1. The largest absolute Gasteiger partial charge is 0.464 e. The first-order chi connectivity index (χ1) is 10.6. The first-order valence-corrected chi connectivity index (χ1v) is 8.06. The molecule has 0 saturated carbocycles. The lowest BCUT2D eigenvalue weighted by atomic mass is 10.2. The van der Waals surface area contributed by atoms with Crippen molar-refractivity contribution in [3.8, 4) is 6.01 Å². The maximum absolute atomic E-state index is 5.96. The van der Waals surface area contributed by atoms with Crippen molar-refractivity contribution < 1.29 is 4.74 Å². The number of aromatic nitrogens is 5. The molecule has 0 radical (unpaired) electrons. The summed E-state index contributed by atoms with van der Waals surface area (Å²) in [5.41, 5.74) is 1.14. The molecule has 0 fully saturated rings. The minimum absolute atomic E-state index is 0.146. The van der Waals surface area contributed by atoms with E-state index < -0.39 is 0 Å². The molecule has 7 nitrogen and oxygen atoms in total. The van der Waals surface area contributed by atoms with Crippen LogP contribution in [0.15, 0.2) is 11.6 Å². The van der Waals surface area contributed by atoms with Crippen LogP contribution in [0.4, 0.5) is 5.82 Å². The zero-order valence-electron chi connectivity index (χ0n) is 12.1. The summed E-state index contributed by atoms with van der Waals surface area (Å²) < 4.78 is 5.58. The molecule has 0 atom stereocenters. The van der Waals surface area contributed by atoms with E-state index >= 15 is 0 Å². The van der Waals surface area contributed by atoms with Gasteiger partial charge in [-0.3, -0.25) is 4.98 Å². The van der Waals surface area contributed by atoms with Crippen molar-refractivity contribution in [2.24, 2.45) is 5.92 Å². The van der Waals surface area contributed by atoms with Crippen LogP contribution in [0.2, 0.25) is 5.28 Å². The average molecular weight is 339 g/mol. The Morgan fingerprint density at radius 3 is 2.95 bits per heavy atom. The Bertz CT molecular complexity index is 757. The van der Waals surface area contributed by atoms with Crippen LogP contribution in [0.5, 0.6) is 6.01 Å². The number of nitrogens with one attached hydrogen (secondary N) is 2. The third kappa shape index (κ3) is 3.45. The summed E-state index contributed by atoms with van der Waals surface area (Å²) in [6.45, 7) is 5.26. The summed E-state index contributed by atoms with van der Waals surface area (Å²) in [5.74, 6) is 0.964. The second kappa shape index (κ2) is 6.45. The highest BCUT2D eigenvalue weighted by Gasteiger charge is 2.13. The molecule has 22 heavy (non-hydrogen) atoms. The van der Waals surface area contributed by atoms with Gasteiger partial charge in [0.15, 0.2) is 17.0 Å². The van der Waals surface area contributed by atoms with E-state index in [9.17, 15) is 0 Å². The predicted octanol–water partition coefficient (Wildman–Crippen LogP) is 3.11. The Balaban J connectivity index is 1.84. The summed E-state index contributed by atoms with van der Waals surface area (Å²) in [5, 5.41) is 6.21. The molecule has 9 heteroatoms. The van der Waals surface area contributed by atoms with Gasteiger partial charge in [-0.1, -0.05) is 13.8 Å². The maximum atomic E-state index is 5.96. The van der Waals surface area contributed by atoms with Crippen molar-refractivity contribution in [2.45, 2.75) is 20.4 Å². The van der Waals surface area contributed by atoms with Crippen molar-refractivity contribution in [2.75, 3.05) is 11.9 Å². The van der Waals surface area contributed by atoms with E-state index in [1.807, 2.05) is 5.38 Å². The number of hydrogen-bond donors (Lipinski definition) is 2. The van der Waals surface area contributed by atoms with Gasteiger partial charge < -0.3 is 10.1 Å². The van der Waals surface area contributed by atoms with Gasteiger partial charge in [0.25, 0.3) is 6.01 Å². The fourth-order valence-electron chi connectivity index (χ4n) is 1.79. The maximum Gasteiger partial charge on any atom is 0.295 e. The van der Waals surface area contributed by atoms with Crippen molar-refractivity contribution in [3.05, 3.63) is 21.9 Å². The number of fused-ring (bicyclic) bond motifs is 1. The number of aromatic amines is 1. The lowest BCUT2D eigenvalue weighted by Gasteiger charge is -2.04. The third-order valence-electron chi connectivity index (χ3n) is 2.74. The number of halogens is 1. The fourth-order valence-corrected chi connectivity index (χ4v) is 2.51. The normalized spacial score (nSPS) is 11.3. The van der Waals surface area contributed by atoms with Crippen LogP contribution in [-0.2, 0) is 6.54 Å². The molecule has 0 aromatic carbocycles. The minimum atomic E-state index is 0.146. The molecule has 3 rings (SSSR count). The van der Waals surface area contributed by atoms with Crippen LogP contribution in [0.25, 0.3) is 11.2 Å². The zero-order chi connectivity index (χ0) is 15.5. The summed E-state index contributed by atoms with van der Waals surface area (Å²) in [6, 6.07) is 0.414. The average Bonchev–Trinajstić information content (AvgIpc) is 3.11. The molecule has 3 heterocycles. The third-order valence-corrected chi connectivity index (χ3v) is 3.69. The molecule has 0 amide bonds. The summed E-state index contributed by atoms with van der Waals surface area (Å²) in [6.07, 6.45) is 1.76. The lowest BCUT2D eigenvalue weighted by Crippen LogP contribution is -2.05. The van der Waals surface area contributed by atoms with Gasteiger partial charge in [-0.25, -0.2) is 4.98 Å². The number of ether oxygens (including phenoxy) is 1. The first kappa shape index (κ1) is 15.0. The van der Waals surface area contributed by atoms with Crippen molar-refractivity contribution >= 4 is 39.9 Å². The molecule has 0 saturated heterocycles. The van der Waals surface area contributed by atoms with E-state index in [4.69, 9.17) is 16.3 Å². The Morgan fingerprint density at radius 1 is 1.36 bits per heavy atom. The SMILES string of the molecule is CC(C)COc1nc2c(NCc3nccs3)nc(Cl)nc2[nH]1. The van der Waals surface area contributed by atoms with Gasteiger partial charge in [0, 0.05) is 11.6 Å². The molecule has 0 spiro atoms. The van der Waals surface area contributed by atoms with Gasteiger partial charge in [0.2, 0.25) is 5.28 Å². The highest BCUT2D eigenvalue weighted by Crippen LogP contribution is 2.23. The molecule has 2 N–H and O–H groups in total. The summed E-state index contributed by atoms with van der Waals surface area (Å²) in [4.78, 5) is 19.9. The Morgan fingerprint density at radius 2 is 2.23 bits per heavy atom. The second-order valence-corrected chi connectivity index (χ2v) is 6.38. The molecule has 116 valence electrons. The van der Waals surface area contributed by atoms with Crippen LogP contribution in [-0.4, -0.2) is 31.5 Å². The van der Waals surface area contributed by atoms with Crippen LogP contribution >= 0.6 is 22.9 Å². The van der Waals surface area contributed by atoms with E-state index in [2.05, 4.69) is 44.1 Å². The van der Waals surface area contributed by atoms with Crippen LogP contribution < -0.4 is 10.1 Å². The molecule has 0 aliphatic carbocycles. The van der Waals surface area contributed by atoms with Crippen LogP contribution in [0.3, 0.4) is 0 Å². The van der Waals surface area contributed by atoms with Crippen molar-refractivity contribution in [1.29, 1.82) is 0 Å². The Hall–Kier alpha value is -1.93. The monoisotopic (exact) mass is 338 g/mol. The number of H-pyrrole nitrogens is 1. The van der Waals surface area contributed by atoms with Crippen LogP contribution in [0, 0.1) is 5.92 Å². The highest BCUT2D eigenvalue weighted by atomic mass is 35.5. The zero-order valence-corrected chi connectivity index (χ0v) is 13.7. The standard InChI is InChI=1S/C13H15ClN6OS/c1-7(2)6-21-13-17-9-10(16-5-8-15-3-4-22-8)18-12(14)19-11(9)20-13/h3-4,7H,5-6H2,1-2H3,(H2,16,17,18,19,20). The number of rotatable bonds is 6. The second-order valence-electron chi connectivity index (χ2n) is 5.06. The quantitative estimate of drug-likeness (QED) is 0.671. The van der Waals surface area contributed by atoms with Crippen molar-refractivity contribution in [1.82, 2.24) is 24.9 Å². The molecule has 3 aromatic heterocycles. The molecule has 3 aromatic rings. The van der Waals surface area contributed by atoms with Gasteiger partial charge in [-0.15, -0.1) is 11.3 Å². The van der Waals surface area contributed by atoms with E-state index in [0.29, 0.717) is 42.1 Å². The highest BCUT2D eigenvalue weighted by molar-refractivity contribution is 7.09. The molecule has 0 aliphatic heterocycles. The molecule has 0 aliphatic rings. The van der Waals surface area contributed by atoms with E-state index in [1.165, 1.54) is 0 Å². The Labute approximate surface area is 136 Å². The van der Waals surface area contributed by atoms with Gasteiger partial charge in [0.1, 0.15) is 5.01 Å². The van der Waals surface area contributed by atoms with Gasteiger partial charge >= 0.3 is 0 Å². The number of hydrogen-bond acceptors (Lipinski definition) is 7. The minimum Gasteiger partial charge on any atom is -0.464 e. The van der Waals surface area contributed by atoms with Crippen molar-refractivity contribution in [3.63, 3.8) is 0 Å². The van der Waals surface area contributed by atoms with E-state index in [1.54, 1.807) is 17.5 Å². The Kier molecular flexibility index (Phi) is 4.39. The van der Waals surface area contributed by atoms with Gasteiger partial charge in [-0.2, -0.15) is 15.0 Å². The fraction of sp³-hybridized carbons (Fsp3) is 0.385. The number of nitrogens with zero attached hydrogens (tertiary/aromatic N) is 4. The van der Waals surface area contributed by atoms with Crippen LogP contribution in [0.1, 0.15) is 18.9 Å². The molecular formula is C13H15ClN6OS. The lowest BCUT2D eigenvalue weighted by molar-refractivity contribution is 0.254. The molecular weight excluding hydrogens is 324 g/mol. The van der Waals surface area contributed by atoms with E-state index in [-0.39, 0.29) is 5.28 Å². The predicted molar refractivity (Wildman–Crippen MR) is 86.5 cm³/mol. The molecule has 0 unspecified atom stereocenters. The van der Waals surface area contributed by atoms with Gasteiger partial charge in [-0.05, 0) is 17.5 Å². The topological polar surface area (TPSA) is 88.6 Å². The first-order valence-electron chi connectivity index (χ1n) is 6.80. The summed E-state index contributed by atoms with van der Waals surface area (Å²) >= 11 is 7.52.